The Morgan fingerprint density at radius 2 is 1.88 bits per heavy atom. The van der Waals surface area contributed by atoms with Gasteiger partial charge in [0.2, 0.25) is 0 Å². The summed E-state index contributed by atoms with van der Waals surface area (Å²) in [7, 11) is 0. The van der Waals surface area contributed by atoms with Gasteiger partial charge in [0.15, 0.2) is 0 Å². The Morgan fingerprint density at radius 3 is 2.38 bits per heavy atom. The van der Waals surface area contributed by atoms with Crippen LogP contribution in [0.5, 0.6) is 0 Å². The van der Waals surface area contributed by atoms with Gasteiger partial charge in [0.1, 0.15) is 6.10 Å². The van der Waals surface area contributed by atoms with E-state index in [2.05, 4.69) is 0 Å². The first kappa shape index (κ1) is 12.7. The quantitative estimate of drug-likeness (QED) is 0.676. The zero-order valence-corrected chi connectivity index (χ0v) is 8.97. The number of carboxylic acids is 1. The summed E-state index contributed by atoms with van der Waals surface area (Å²) in [6, 6.07) is 7.18. The fraction of sp³-hybridized carbons (Fsp3) is 0.417. The molecule has 16 heavy (non-hydrogen) atoms. The molecular weight excluding hydrogens is 208 g/mol. The fourth-order valence-corrected chi connectivity index (χ4v) is 1.46. The third-order valence-electron chi connectivity index (χ3n) is 2.39. The van der Waals surface area contributed by atoms with Gasteiger partial charge in [0.25, 0.3) is 0 Å². The minimum Gasteiger partial charge on any atom is -0.481 e. The number of aliphatic hydroxyl groups is 2. The van der Waals surface area contributed by atoms with Crippen molar-refractivity contribution in [2.45, 2.75) is 25.4 Å². The number of carbonyl (C=O) groups is 1. The molecule has 1 unspecified atom stereocenters. The van der Waals surface area contributed by atoms with Crippen LogP contribution in [0.2, 0.25) is 0 Å². The van der Waals surface area contributed by atoms with Crippen LogP contribution in [-0.4, -0.2) is 27.9 Å². The summed E-state index contributed by atoms with van der Waals surface area (Å²) in [6.07, 6.45) is 0.646. The number of benzene rings is 1. The number of aryl methyl sites for hydroxylation is 1. The Bertz CT molecular complexity index is 331. The van der Waals surface area contributed by atoms with E-state index in [0.717, 1.165) is 5.56 Å². The number of rotatable bonds is 6. The van der Waals surface area contributed by atoms with Gasteiger partial charge in [0.05, 0.1) is 6.61 Å². The van der Waals surface area contributed by atoms with Crippen molar-refractivity contribution in [3.63, 3.8) is 0 Å². The Kier molecular flexibility index (Phi) is 4.95. The normalized spacial score (nSPS) is 12.4. The molecule has 4 nitrogen and oxygen atoms in total. The van der Waals surface area contributed by atoms with Crippen molar-refractivity contribution in [2.24, 2.45) is 0 Å². The molecule has 0 heterocycles. The first-order chi connectivity index (χ1) is 7.63. The van der Waals surface area contributed by atoms with E-state index in [4.69, 9.17) is 10.2 Å². The predicted molar refractivity (Wildman–Crippen MR) is 59.1 cm³/mol. The maximum absolute atomic E-state index is 10.3. The first-order valence-corrected chi connectivity index (χ1v) is 5.23. The van der Waals surface area contributed by atoms with Crippen LogP contribution in [0.25, 0.3) is 0 Å². The number of hydrogen-bond donors (Lipinski definition) is 3. The fourth-order valence-electron chi connectivity index (χ4n) is 1.46. The molecule has 0 aliphatic heterocycles. The monoisotopic (exact) mass is 224 g/mol. The van der Waals surface area contributed by atoms with E-state index in [1.807, 2.05) is 12.1 Å². The molecule has 0 saturated heterocycles. The molecule has 1 rings (SSSR count). The van der Waals surface area contributed by atoms with Gasteiger partial charge in [-0.25, -0.2) is 0 Å². The van der Waals surface area contributed by atoms with E-state index in [1.165, 1.54) is 0 Å². The van der Waals surface area contributed by atoms with E-state index in [9.17, 15) is 9.90 Å². The Balaban J connectivity index is 2.48. The topological polar surface area (TPSA) is 77.8 Å². The smallest absolute Gasteiger partial charge is 0.303 e. The standard InChI is InChI=1S/C12H16O4/c13-8-11(14)10-6-4-9(5-7-10)2-1-3-12(15)16/h4-7,11,13-14H,1-3,8H2,(H,15,16). The average molecular weight is 224 g/mol. The molecule has 0 bridgehead atoms. The molecule has 0 aliphatic rings. The van der Waals surface area contributed by atoms with E-state index < -0.39 is 12.1 Å². The summed E-state index contributed by atoms with van der Waals surface area (Å²) in [5.74, 6) is -0.785. The summed E-state index contributed by atoms with van der Waals surface area (Å²) < 4.78 is 0. The van der Waals surface area contributed by atoms with Gasteiger partial charge >= 0.3 is 5.97 Å². The van der Waals surface area contributed by atoms with E-state index >= 15 is 0 Å². The highest BCUT2D eigenvalue weighted by molar-refractivity contribution is 5.66. The number of hydrogen-bond acceptors (Lipinski definition) is 3. The maximum Gasteiger partial charge on any atom is 0.303 e. The van der Waals surface area contributed by atoms with Crippen molar-refractivity contribution in [1.29, 1.82) is 0 Å². The molecule has 0 aliphatic carbocycles. The molecule has 0 saturated carbocycles. The lowest BCUT2D eigenvalue weighted by molar-refractivity contribution is -0.137. The second-order valence-electron chi connectivity index (χ2n) is 3.69. The lowest BCUT2D eigenvalue weighted by atomic mass is 10.0. The average Bonchev–Trinajstić information content (AvgIpc) is 2.28. The summed E-state index contributed by atoms with van der Waals surface area (Å²) in [5.41, 5.74) is 1.71. The Morgan fingerprint density at radius 1 is 1.25 bits per heavy atom. The molecule has 0 aromatic heterocycles. The van der Waals surface area contributed by atoms with Crippen LogP contribution in [-0.2, 0) is 11.2 Å². The lowest BCUT2D eigenvalue weighted by Gasteiger charge is -2.08. The molecular formula is C12H16O4. The first-order valence-electron chi connectivity index (χ1n) is 5.23. The van der Waals surface area contributed by atoms with Gasteiger partial charge in [-0.05, 0) is 24.0 Å². The van der Waals surface area contributed by atoms with Crippen molar-refractivity contribution in [2.75, 3.05) is 6.61 Å². The number of aliphatic carboxylic acids is 1. The number of carboxylic acid groups (broad SMARTS) is 1. The van der Waals surface area contributed by atoms with Crippen LogP contribution in [0.15, 0.2) is 24.3 Å². The van der Waals surface area contributed by atoms with Gasteiger partial charge in [-0.3, -0.25) is 4.79 Å². The van der Waals surface area contributed by atoms with Crippen molar-refractivity contribution in [1.82, 2.24) is 0 Å². The summed E-state index contributed by atoms with van der Waals surface area (Å²) in [6.45, 7) is -0.293. The van der Waals surface area contributed by atoms with Crippen molar-refractivity contribution >= 4 is 5.97 Å². The maximum atomic E-state index is 10.3. The molecule has 4 heteroatoms. The summed E-state index contributed by atoms with van der Waals surface area (Å²) in [4.78, 5) is 10.3. The minimum absolute atomic E-state index is 0.168. The SMILES string of the molecule is O=C(O)CCCc1ccc(C(O)CO)cc1. The van der Waals surface area contributed by atoms with Crippen LogP contribution in [0, 0.1) is 0 Å². The highest BCUT2D eigenvalue weighted by atomic mass is 16.4. The van der Waals surface area contributed by atoms with Gasteiger partial charge in [-0.1, -0.05) is 24.3 Å². The molecule has 1 atom stereocenters. The van der Waals surface area contributed by atoms with Crippen LogP contribution in [0.3, 0.4) is 0 Å². The van der Waals surface area contributed by atoms with Crippen molar-refractivity contribution < 1.29 is 20.1 Å². The van der Waals surface area contributed by atoms with Crippen LogP contribution >= 0.6 is 0 Å². The second-order valence-corrected chi connectivity index (χ2v) is 3.69. The van der Waals surface area contributed by atoms with E-state index in [-0.39, 0.29) is 13.0 Å². The van der Waals surface area contributed by atoms with Gasteiger partial charge in [-0.2, -0.15) is 0 Å². The number of aliphatic hydroxyl groups excluding tert-OH is 2. The summed E-state index contributed by atoms with van der Waals surface area (Å²) >= 11 is 0. The largest absolute Gasteiger partial charge is 0.481 e. The highest BCUT2D eigenvalue weighted by Crippen LogP contribution is 2.14. The summed E-state index contributed by atoms with van der Waals surface area (Å²) in [5, 5.41) is 26.6. The second kappa shape index (κ2) is 6.25. The van der Waals surface area contributed by atoms with Crippen LogP contribution in [0.4, 0.5) is 0 Å². The zero-order valence-electron chi connectivity index (χ0n) is 8.97. The van der Waals surface area contributed by atoms with Gasteiger partial charge in [-0.15, -0.1) is 0 Å². The van der Waals surface area contributed by atoms with E-state index in [0.29, 0.717) is 18.4 Å². The molecule has 3 N–H and O–H groups in total. The van der Waals surface area contributed by atoms with Gasteiger partial charge < -0.3 is 15.3 Å². The molecule has 0 spiro atoms. The molecule has 0 fully saturated rings. The van der Waals surface area contributed by atoms with E-state index in [1.54, 1.807) is 12.1 Å². The third kappa shape index (κ3) is 4.00. The predicted octanol–water partition coefficient (Wildman–Crippen LogP) is 1.12. The third-order valence-corrected chi connectivity index (χ3v) is 2.39. The van der Waals surface area contributed by atoms with Crippen molar-refractivity contribution in [3.8, 4) is 0 Å². The molecule has 0 amide bonds. The molecule has 0 radical (unpaired) electrons. The highest BCUT2D eigenvalue weighted by Gasteiger charge is 2.05. The Hall–Kier alpha value is -1.39. The Labute approximate surface area is 94.2 Å². The zero-order chi connectivity index (χ0) is 12.0. The van der Waals surface area contributed by atoms with Crippen molar-refractivity contribution in [3.05, 3.63) is 35.4 Å². The van der Waals surface area contributed by atoms with Crippen LogP contribution in [0.1, 0.15) is 30.1 Å². The molecule has 1 aromatic carbocycles. The molecule has 88 valence electrons. The van der Waals surface area contributed by atoms with Crippen LogP contribution < -0.4 is 0 Å². The lowest BCUT2D eigenvalue weighted by Crippen LogP contribution is -2.02. The van der Waals surface area contributed by atoms with Gasteiger partial charge in [0, 0.05) is 6.42 Å². The minimum atomic E-state index is -0.840. The molecule has 1 aromatic rings.